The van der Waals surface area contributed by atoms with Gasteiger partial charge in [-0.25, -0.2) is 0 Å². The molecule has 1 nitrogen and oxygen atoms in total. The van der Waals surface area contributed by atoms with E-state index in [1.807, 2.05) is 11.8 Å². The maximum Gasteiger partial charge on any atom is 0.0315 e. The summed E-state index contributed by atoms with van der Waals surface area (Å²) < 4.78 is 0. The molecule has 13 heavy (non-hydrogen) atoms. The molecule has 0 saturated heterocycles. The molecule has 0 amide bonds. The lowest BCUT2D eigenvalue weighted by Gasteiger charge is -2.16. The van der Waals surface area contributed by atoms with Crippen molar-refractivity contribution >= 4 is 24.4 Å². The number of thiol groups is 1. The van der Waals surface area contributed by atoms with Gasteiger partial charge in [-0.05, 0) is 25.0 Å². The molecule has 0 spiro atoms. The van der Waals surface area contributed by atoms with Gasteiger partial charge in [0.1, 0.15) is 0 Å². The van der Waals surface area contributed by atoms with E-state index in [1.54, 1.807) is 0 Å². The van der Waals surface area contributed by atoms with Gasteiger partial charge in [-0.3, -0.25) is 0 Å². The van der Waals surface area contributed by atoms with Crippen LogP contribution < -0.4 is 5.73 Å². The van der Waals surface area contributed by atoms with Crippen molar-refractivity contribution in [3.05, 3.63) is 10.6 Å². The lowest BCUT2D eigenvalue weighted by atomic mass is 10.1. The van der Waals surface area contributed by atoms with Gasteiger partial charge in [-0.2, -0.15) is 12.6 Å². The number of rotatable bonds is 5. The molecule has 0 bridgehead atoms. The Balaban J connectivity index is 4.47. The second-order valence-corrected chi connectivity index (χ2v) is 5.41. The van der Waals surface area contributed by atoms with Crippen LogP contribution in [0.1, 0.15) is 34.1 Å². The summed E-state index contributed by atoms with van der Waals surface area (Å²) in [7, 11) is 0. The molecular formula is C10H21NS2. The highest BCUT2D eigenvalue weighted by Crippen LogP contribution is 2.28. The van der Waals surface area contributed by atoms with E-state index in [0.717, 1.165) is 11.4 Å². The molecule has 0 saturated carbocycles. The molecule has 2 N–H and O–H groups in total. The van der Waals surface area contributed by atoms with Crippen LogP contribution in [0.15, 0.2) is 10.6 Å². The average Bonchev–Trinajstić information content (AvgIpc) is 2.04. The van der Waals surface area contributed by atoms with Gasteiger partial charge < -0.3 is 5.73 Å². The van der Waals surface area contributed by atoms with Crippen molar-refractivity contribution < 1.29 is 0 Å². The van der Waals surface area contributed by atoms with E-state index in [0.29, 0.717) is 5.92 Å². The fourth-order valence-electron chi connectivity index (χ4n) is 0.942. The Morgan fingerprint density at radius 2 is 1.92 bits per heavy atom. The van der Waals surface area contributed by atoms with Crippen LogP contribution in [-0.2, 0) is 0 Å². The quantitative estimate of drug-likeness (QED) is 0.694. The first-order chi connectivity index (χ1) is 6.00. The van der Waals surface area contributed by atoms with Crippen LogP contribution in [-0.4, -0.2) is 11.0 Å². The molecule has 0 rings (SSSR count). The van der Waals surface area contributed by atoms with Crippen molar-refractivity contribution in [2.24, 2.45) is 11.7 Å². The van der Waals surface area contributed by atoms with Crippen LogP contribution in [0.5, 0.6) is 0 Å². The molecule has 0 heterocycles. The van der Waals surface area contributed by atoms with Gasteiger partial charge in [0.2, 0.25) is 0 Å². The molecule has 1 unspecified atom stereocenters. The van der Waals surface area contributed by atoms with E-state index < -0.39 is 0 Å². The van der Waals surface area contributed by atoms with Gasteiger partial charge in [0, 0.05) is 15.9 Å². The molecule has 0 aromatic heterocycles. The molecule has 0 aromatic carbocycles. The van der Waals surface area contributed by atoms with E-state index in [-0.39, 0.29) is 5.25 Å². The Bertz CT molecular complexity index is 174. The Morgan fingerprint density at radius 1 is 1.38 bits per heavy atom. The Hall–Kier alpha value is 0.240. The highest BCUT2D eigenvalue weighted by atomic mass is 32.2. The van der Waals surface area contributed by atoms with Crippen molar-refractivity contribution in [3.63, 3.8) is 0 Å². The predicted octanol–water partition coefficient (Wildman–Crippen LogP) is 3.27. The van der Waals surface area contributed by atoms with Crippen LogP contribution in [0.2, 0.25) is 0 Å². The van der Waals surface area contributed by atoms with Crippen molar-refractivity contribution in [1.82, 2.24) is 0 Å². The number of nitrogens with two attached hydrogens (primary N) is 1. The first kappa shape index (κ1) is 13.2. The number of allylic oxidation sites excluding steroid dienone is 1. The maximum atomic E-state index is 6.01. The first-order valence-corrected chi connectivity index (χ1v) is 6.31. The smallest absolute Gasteiger partial charge is 0.0315 e. The lowest BCUT2D eigenvalue weighted by molar-refractivity contribution is 0.748. The lowest BCUT2D eigenvalue weighted by Crippen LogP contribution is -2.12. The summed E-state index contributed by atoms with van der Waals surface area (Å²) in [5, 5.41) is 0.263. The van der Waals surface area contributed by atoms with Gasteiger partial charge >= 0.3 is 0 Å². The summed E-state index contributed by atoms with van der Waals surface area (Å²) in [6.07, 6.45) is 1.18. The molecule has 3 heteroatoms. The molecule has 0 radical (unpaired) electrons. The topological polar surface area (TPSA) is 26.0 Å². The van der Waals surface area contributed by atoms with Gasteiger partial charge in [0.15, 0.2) is 0 Å². The van der Waals surface area contributed by atoms with Crippen LogP contribution >= 0.6 is 24.4 Å². The molecule has 0 aliphatic carbocycles. The van der Waals surface area contributed by atoms with Crippen LogP contribution in [0.25, 0.3) is 0 Å². The number of thioether (sulfide) groups is 1. The van der Waals surface area contributed by atoms with Crippen molar-refractivity contribution in [2.45, 2.75) is 39.4 Å². The molecule has 78 valence electrons. The van der Waals surface area contributed by atoms with E-state index in [1.165, 1.54) is 11.3 Å². The van der Waals surface area contributed by atoms with Gasteiger partial charge in [0.25, 0.3) is 0 Å². The van der Waals surface area contributed by atoms with Gasteiger partial charge in [-0.1, -0.05) is 20.8 Å². The SMILES string of the molecule is CCCS/C(=C(\N)C(C)C)C(C)S. The predicted molar refractivity (Wildman–Crippen MR) is 67.2 cm³/mol. The van der Waals surface area contributed by atoms with Crippen LogP contribution in [0.4, 0.5) is 0 Å². The van der Waals surface area contributed by atoms with Crippen molar-refractivity contribution in [3.8, 4) is 0 Å². The second-order valence-electron chi connectivity index (χ2n) is 3.50. The zero-order valence-electron chi connectivity index (χ0n) is 9.00. The van der Waals surface area contributed by atoms with Gasteiger partial charge in [-0.15, -0.1) is 11.8 Å². The normalized spacial score (nSPS) is 15.8. The Labute approximate surface area is 92.0 Å². The molecule has 0 fully saturated rings. The van der Waals surface area contributed by atoms with Crippen molar-refractivity contribution in [2.75, 3.05) is 5.75 Å². The summed E-state index contributed by atoms with van der Waals surface area (Å²) in [5.41, 5.74) is 7.01. The third-order valence-electron chi connectivity index (χ3n) is 1.75. The van der Waals surface area contributed by atoms with E-state index >= 15 is 0 Å². The van der Waals surface area contributed by atoms with E-state index in [2.05, 4.69) is 40.3 Å². The third kappa shape index (κ3) is 4.87. The maximum absolute atomic E-state index is 6.01. The average molecular weight is 219 g/mol. The number of hydrogen-bond acceptors (Lipinski definition) is 3. The molecular weight excluding hydrogens is 198 g/mol. The third-order valence-corrected chi connectivity index (χ3v) is 3.69. The second kappa shape index (κ2) is 6.66. The van der Waals surface area contributed by atoms with Crippen LogP contribution in [0, 0.1) is 5.92 Å². The first-order valence-electron chi connectivity index (χ1n) is 4.81. The summed E-state index contributed by atoms with van der Waals surface area (Å²) in [5.74, 6) is 1.56. The summed E-state index contributed by atoms with van der Waals surface area (Å²) >= 11 is 6.29. The van der Waals surface area contributed by atoms with Crippen LogP contribution in [0.3, 0.4) is 0 Å². The minimum atomic E-state index is 0.263. The Kier molecular flexibility index (Phi) is 6.78. The fourth-order valence-corrected chi connectivity index (χ4v) is 2.38. The minimum absolute atomic E-state index is 0.263. The zero-order valence-corrected chi connectivity index (χ0v) is 10.7. The summed E-state index contributed by atoms with van der Waals surface area (Å²) in [6, 6.07) is 0. The zero-order chi connectivity index (χ0) is 10.4. The monoisotopic (exact) mass is 219 g/mol. The largest absolute Gasteiger partial charge is 0.401 e. The highest BCUT2D eigenvalue weighted by molar-refractivity contribution is 8.04. The minimum Gasteiger partial charge on any atom is -0.401 e. The number of hydrogen-bond donors (Lipinski definition) is 2. The standard InChI is InChI=1S/C10H21NS2/c1-5-6-13-10(8(4)12)9(11)7(2)3/h7-8,12H,5-6,11H2,1-4H3/b10-9-. The molecule has 0 aliphatic heterocycles. The summed E-state index contributed by atoms with van der Waals surface area (Å²) in [4.78, 5) is 1.25. The fraction of sp³-hybridized carbons (Fsp3) is 0.800. The van der Waals surface area contributed by atoms with Gasteiger partial charge in [0.05, 0.1) is 0 Å². The van der Waals surface area contributed by atoms with Crippen molar-refractivity contribution in [1.29, 1.82) is 0 Å². The van der Waals surface area contributed by atoms with E-state index in [9.17, 15) is 0 Å². The Morgan fingerprint density at radius 3 is 2.23 bits per heavy atom. The highest BCUT2D eigenvalue weighted by Gasteiger charge is 2.11. The molecule has 1 atom stereocenters. The molecule has 0 aliphatic rings. The van der Waals surface area contributed by atoms with E-state index in [4.69, 9.17) is 5.73 Å². The molecule has 0 aromatic rings. The summed E-state index contributed by atoms with van der Waals surface area (Å²) in [6.45, 7) is 8.51.